The maximum atomic E-state index is 5.88. The molecule has 0 aliphatic rings. The quantitative estimate of drug-likeness (QED) is 0.676. The second kappa shape index (κ2) is 4.71. The van der Waals surface area contributed by atoms with Gasteiger partial charge in [0.1, 0.15) is 5.52 Å². The molecule has 0 atom stereocenters. The number of rotatable bonds is 2. The first-order valence-corrected chi connectivity index (χ1v) is 6.61. The number of aromatic nitrogens is 1. The molecule has 19 heavy (non-hydrogen) atoms. The van der Waals surface area contributed by atoms with Gasteiger partial charge < -0.3 is 4.42 Å². The van der Waals surface area contributed by atoms with Gasteiger partial charge in [-0.25, -0.2) is 4.98 Å². The Balaban J connectivity index is 1.97. The highest BCUT2D eigenvalue weighted by molar-refractivity contribution is 6.30. The molecule has 2 nitrogen and oxygen atoms in total. The lowest BCUT2D eigenvalue weighted by atomic mass is 10.1. The van der Waals surface area contributed by atoms with Gasteiger partial charge in [0, 0.05) is 11.4 Å². The molecule has 0 N–H and O–H groups in total. The van der Waals surface area contributed by atoms with Crippen LogP contribution >= 0.6 is 11.6 Å². The standard InChI is InChI=1S/C16H14ClNO/c1-10-3-8-14-16(11(10)2)19-15(18-14)9-12-4-6-13(17)7-5-12/h3-8H,9H2,1-2H3. The van der Waals surface area contributed by atoms with Crippen molar-refractivity contribution in [1.82, 2.24) is 4.98 Å². The van der Waals surface area contributed by atoms with Crippen molar-refractivity contribution >= 4 is 22.7 Å². The van der Waals surface area contributed by atoms with Gasteiger partial charge in [0.25, 0.3) is 0 Å². The van der Waals surface area contributed by atoms with E-state index in [1.165, 1.54) is 5.56 Å². The number of fused-ring (bicyclic) bond motifs is 1. The first-order chi connectivity index (χ1) is 9.13. The molecule has 3 heteroatoms. The van der Waals surface area contributed by atoms with Crippen molar-refractivity contribution in [2.75, 3.05) is 0 Å². The van der Waals surface area contributed by atoms with Crippen molar-refractivity contribution in [3.8, 4) is 0 Å². The molecule has 0 spiro atoms. The van der Waals surface area contributed by atoms with Crippen LogP contribution in [0.4, 0.5) is 0 Å². The Kier molecular flexibility index (Phi) is 3.03. The monoisotopic (exact) mass is 271 g/mol. The second-order valence-electron chi connectivity index (χ2n) is 4.77. The summed E-state index contributed by atoms with van der Waals surface area (Å²) in [5.41, 5.74) is 5.34. The zero-order valence-electron chi connectivity index (χ0n) is 10.9. The van der Waals surface area contributed by atoms with Crippen molar-refractivity contribution in [2.24, 2.45) is 0 Å². The molecule has 0 aliphatic heterocycles. The van der Waals surface area contributed by atoms with Crippen LogP contribution in [0, 0.1) is 13.8 Å². The highest BCUT2D eigenvalue weighted by Gasteiger charge is 2.10. The Morgan fingerprint density at radius 2 is 1.79 bits per heavy atom. The van der Waals surface area contributed by atoms with Gasteiger partial charge in [0.2, 0.25) is 0 Å². The summed E-state index contributed by atoms with van der Waals surface area (Å²) in [6.45, 7) is 4.14. The van der Waals surface area contributed by atoms with Crippen LogP contribution in [0.3, 0.4) is 0 Å². The average molecular weight is 272 g/mol. The van der Waals surface area contributed by atoms with E-state index >= 15 is 0 Å². The predicted octanol–water partition coefficient (Wildman–Crippen LogP) is 4.69. The number of benzene rings is 2. The number of aryl methyl sites for hydroxylation is 2. The van der Waals surface area contributed by atoms with Crippen LogP contribution in [-0.4, -0.2) is 4.98 Å². The van der Waals surface area contributed by atoms with E-state index in [1.807, 2.05) is 30.3 Å². The first kappa shape index (κ1) is 12.2. The summed E-state index contributed by atoms with van der Waals surface area (Å²) >= 11 is 5.88. The Bertz CT molecular complexity index is 728. The third-order valence-electron chi connectivity index (χ3n) is 3.39. The summed E-state index contributed by atoms with van der Waals surface area (Å²) in [5, 5.41) is 0.743. The van der Waals surface area contributed by atoms with Gasteiger partial charge in [-0.2, -0.15) is 0 Å². The van der Waals surface area contributed by atoms with Crippen LogP contribution in [0.5, 0.6) is 0 Å². The van der Waals surface area contributed by atoms with Gasteiger partial charge >= 0.3 is 0 Å². The fourth-order valence-electron chi connectivity index (χ4n) is 2.12. The van der Waals surface area contributed by atoms with Gasteiger partial charge in [-0.05, 0) is 48.7 Å². The van der Waals surface area contributed by atoms with E-state index in [-0.39, 0.29) is 0 Å². The third-order valence-corrected chi connectivity index (χ3v) is 3.64. The second-order valence-corrected chi connectivity index (χ2v) is 5.20. The van der Waals surface area contributed by atoms with Crippen LogP contribution in [0.25, 0.3) is 11.1 Å². The maximum Gasteiger partial charge on any atom is 0.199 e. The van der Waals surface area contributed by atoms with Gasteiger partial charge in [0.15, 0.2) is 11.5 Å². The number of hydrogen-bond acceptors (Lipinski definition) is 2. The molecule has 1 aromatic heterocycles. The zero-order chi connectivity index (χ0) is 13.4. The fraction of sp³-hybridized carbons (Fsp3) is 0.188. The molecule has 0 radical (unpaired) electrons. The smallest absolute Gasteiger partial charge is 0.199 e. The lowest BCUT2D eigenvalue weighted by molar-refractivity contribution is 0.542. The first-order valence-electron chi connectivity index (χ1n) is 6.23. The molecule has 0 bridgehead atoms. The van der Waals surface area contributed by atoms with Crippen molar-refractivity contribution in [1.29, 1.82) is 0 Å². The van der Waals surface area contributed by atoms with E-state index in [1.54, 1.807) is 0 Å². The number of halogens is 1. The molecular weight excluding hydrogens is 258 g/mol. The molecular formula is C16H14ClNO. The summed E-state index contributed by atoms with van der Waals surface area (Å²) in [5.74, 6) is 0.742. The molecule has 3 aromatic rings. The van der Waals surface area contributed by atoms with Gasteiger partial charge in [-0.3, -0.25) is 0 Å². The summed E-state index contributed by atoms with van der Waals surface area (Å²) < 4.78 is 5.87. The molecule has 2 aromatic carbocycles. The van der Waals surface area contributed by atoms with Crippen molar-refractivity contribution in [2.45, 2.75) is 20.3 Å². The van der Waals surface area contributed by atoms with Crippen molar-refractivity contribution in [3.05, 3.63) is 64.0 Å². The summed E-state index contributed by atoms with van der Waals surface area (Å²) in [4.78, 5) is 4.53. The highest BCUT2D eigenvalue weighted by atomic mass is 35.5. The van der Waals surface area contributed by atoms with Crippen molar-refractivity contribution in [3.63, 3.8) is 0 Å². The molecule has 0 unspecified atom stereocenters. The minimum absolute atomic E-state index is 0.685. The third kappa shape index (κ3) is 2.36. The fourth-order valence-corrected chi connectivity index (χ4v) is 2.25. The topological polar surface area (TPSA) is 26.0 Å². The van der Waals surface area contributed by atoms with E-state index in [0.717, 1.165) is 33.1 Å². The molecule has 3 rings (SSSR count). The van der Waals surface area contributed by atoms with Crippen molar-refractivity contribution < 1.29 is 4.42 Å². The van der Waals surface area contributed by atoms with E-state index in [9.17, 15) is 0 Å². The minimum Gasteiger partial charge on any atom is -0.440 e. The van der Waals surface area contributed by atoms with E-state index in [2.05, 4.69) is 24.9 Å². The highest BCUT2D eigenvalue weighted by Crippen LogP contribution is 2.23. The Morgan fingerprint density at radius 3 is 2.53 bits per heavy atom. The van der Waals surface area contributed by atoms with Crippen LogP contribution in [0.1, 0.15) is 22.6 Å². The van der Waals surface area contributed by atoms with Crippen LogP contribution in [-0.2, 0) is 6.42 Å². The lowest BCUT2D eigenvalue weighted by Gasteiger charge is -1.98. The molecule has 0 aliphatic carbocycles. The minimum atomic E-state index is 0.685. The summed E-state index contributed by atoms with van der Waals surface area (Å²) in [6, 6.07) is 11.8. The molecule has 1 heterocycles. The summed E-state index contributed by atoms with van der Waals surface area (Å²) in [7, 11) is 0. The molecule has 96 valence electrons. The predicted molar refractivity (Wildman–Crippen MR) is 77.7 cm³/mol. The average Bonchev–Trinajstić information content (AvgIpc) is 2.80. The lowest BCUT2D eigenvalue weighted by Crippen LogP contribution is -1.87. The largest absolute Gasteiger partial charge is 0.440 e. The van der Waals surface area contributed by atoms with E-state index in [0.29, 0.717) is 6.42 Å². The Hall–Kier alpha value is -1.80. The van der Waals surface area contributed by atoms with Gasteiger partial charge in [-0.1, -0.05) is 29.8 Å². The Morgan fingerprint density at radius 1 is 1.05 bits per heavy atom. The molecule has 0 saturated heterocycles. The van der Waals surface area contributed by atoms with Crippen LogP contribution in [0.2, 0.25) is 5.02 Å². The maximum absolute atomic E-state index is 5.88. The SMILES string of the molecule is Cc1ccc2nc(Cc3ccc(Cl)cc3)oc2c1C. The van der Waals surface area contributed by atoms with Crippen LogP contribution in [0.15, 0.2) is 40.8 Å². The molecule has 0 fully saturated rings. The number of oxazole rings is 1. The number of hydrogen-bond donors (Lipinski definition) is 0. The van der Waals surface area contributed by atoms with Gasteiger partial charge in [-0.15, -0.1) is 0 Å². The molecule has 0 saturated carbocycles. The summed E-state index contributed by atoms with van der Waals surface area (Å²) in [6.07, 6.45) is 0.685. The number of nitrogens with zero attached hydrogens (tertiary/aromatic N) is 1. The van der Waals surface area contributed by atoms with Crippen LogP contribution < -0.4 is 0 Å². The molecule has 0 amide bonds. The normalized spacial score (nSPS) is 11.1. The van der Waals surface area contributed by atoms with E-state index in [4.69, 9.17) is 16.0 Å². The van der Waals surface area contributed by atoms with Gasteiger partial charge in [0.05, 0.1) is 0 Å². The zero-order valence-corrected chi connectivity index (χ0v) is 11.7. The Labute approximate surface area is 117 Å². The van der Waals surface area contributed by atoms with E-state index < -0.39 is 0 Å².